The van der Waals surface area contributed by atoms with Crippen molar-refractivity contribution in [3.63, 3.8) is 0 Å². The van der Waals surface area contributed by atoms with Crippen LogP contribution >= 0.6 is 11.9 Å². The van der Waals surface area contributed by atoms with Crippen LogP contribution in [0, 0.1) is 11.3 Å². The molecule has 100 valence electrons. The van der Waals surface area contributed by atoms with Gasteiger partial charge in [-0.1, -0.05) is 36.4 Å². The van der Waals surface area contributed by atoms with Gasteiger partial charge in [-0.25, -0.2) is 4.40 Å². The van der Waals surface area contributed by atoms with Crippen LogP contribution in [0.3, 0.4) is 0 Å². The van der Waals surface area contributed by atoms with Gasteiger partial charge in [-0.15, -0.1) is 0 Å². The average Bonchev–Trinajstić information content (AvgIpc) is 2.77. The van der Waals surface area contributed by atoms with Crippen molar-refractivity contribution < 1.29 is 4.79 Å². The third kappa shape index (κ3) is 2.64. The topological polar surface area (TPSA) is 53.2 Å². The maximum Gasteiger partial charge on any atom is 0.213 e. The summed E-state index contributed by atoms with van der Waals surface area (Å²) in [5, 5.41) is 9.10. The molecule has 2 aromatic carbocycles. The second-order valence-corrected chi connectivity index (χ2v) is 5.23. The molecule has 0 atom stereocenters. The Morgan fingerprint density at radius 2 is 1.81 bits per heavy atom. The van der Waals surface area contributed by atoms with Crippen molar-refractivity contribution in [2.24, 2.45) is 4.40 Å². The molecular weight excluding hydrogens is 280 g/mol. The van der Waals surface area contributed by atoms with Gasteiger partial charge in [0.05, 0.1) is 11.6 Å². The van der Waals surface area contributed by atoms with Crippen LogP contribution in [-0.2, 0) is 0 Å². The van der Waals surface area contributed by atoms with Crippen LogP contribution in [0.15, 0.2) is 63.9 Å². The van der Waals surface area contributed by atoms with Gasteiger partial charge in [-0.3, -0.25) is 4.79 Å². The van der Waals surface area contributed by atoms with E-state index in [1.807, 2.05) is 36.4 Å². The minimum absolute atomic E-state index is 0.233. The Balaban J connectivity index is 1.97. The molecule has 0 saturated heterocycles. The monoisotopic (exact) mass is 290 g/mol. The van der Waals surface area contributed by atoms with Crippen molar-refractivity contribution in [2.45, 2.75) is 4.90 Å². The van der Waals surface area contributed by atoms with Crippen molar-refractivity contribution in [1.29, 1.82) is 5.26 Å². The normalized spacial score (nSPS) is 12.8. The predicted octanol–water partition coefficient (Wildman–Crippen LogP) is 3.92. The number of fused-ring (bicyclic) bond motifs is 1. The molecule has 0 bridgehead atoms. The number of ketones is 1. The Morgan fingerprint density at radius 3 is 2.67 bits per heavy atom. The first-order valence-corrected chi connectivity index (χ1v) is 7.13. The SMILES string of the molecule is N#Cc1ccccc1C(=O)C1=NSc2ccccc2C=C1. The van der Waals surface area contributed by atoms with E-state index in [0.29, 0.717) is 16.8 Å². The Morgan fingerprint density at radius 1 is 1.05 bits per heavy atom. The molecule has 0 fully saturated rings. The molecule has 21 heavy (non-hydrogen) atoms. The van der Waals surface area contributed by atoms with Gasteiger partial charge in [-0.05, 0) is 29.8 Å². The van der Waals surface area contributed by atoms with Gasteiger partial charge in [0.25, 0.3) is 0 Å². The summed E-state index contributed by atoms with van der Waals surface area (Å²) in [6, 6.07) is 16.6. The highest BCUT2D eigenvalue weighted by Gasteiger charge is 2.17. The molecule has 1 aliphatic heterocycles. The number of hydrogen-bond donors (Lipinski definition) is 0. The smallest absolute Gasteiger partial charge is 0.213 e. The van der Waals surface area contributed by atoms with Gasteiger partial charge in [0.1, 0.15) is 5.71 Å². The first kappa shape index (κ1) is 13.3. The second-order valence-electron chi connectivity index (χ2n) is 4.43. The zero-order valence-corrected chi connectivity index (χ0v) is 11.8. The zero-order chi connectivity index (χ0) is 14.7. The van der Waals surface area contributed by atoms with Crippen molar-refractivity contribution in [3.8, 4) is 6.07 Å². The first-order chi connectivity index (χ1) is 10.3. The number of nitriles is 1. The Kier molecular flexibility index (Phi) is 3.67. The predicted molar refractivity (Wildman–Crippen MR) is 84.3 cm³/mol. The highest BCUT2D eigenvalue weighted by Crippen LogP contribution is 2.28. The maximum atomic E-state index is 12.5. The summed E-state index contributed by atoms with van der Waals surface area (Å²) in [6.45, 7) is 0. The lowest BCUT2D eigenvalue weighted by Gasteiger charge is -2.02. The number of carbonyl (C=O) groups excluding carboxylic acids is 1. The fourth-order valence-electron chi connectivity index (χ4n) is 2.03. The molecule has 2 aromatic rings. The molecule has 0 spiro atoms. The summed E-state index contributed by atoms with van der Waals surface area (Å²) in [7, 11) is 0. The van der Waals surface area contributed by atoms with Crippen LogP contribution < -0.4 is 0 Å². The molecular formula is C17H10N2OS. The third-order valence-electron chi connectivity index (χ3n) is 3.11. The molecule has 3 nitrogen and oxygen atoms in total. The van der Waals surface area contributed by atoms with Gasteiger partial charge in [-0.2, -0.15) is 5.26 Å². The number of rotatable bonds is 2. The lowest BCUT2D eigenvalue weighted by atomic mass is 10.0. The largest absolute Gasteiger partial charge is 0.287 e. The molecule has 0 unspecified atom stereocenters. The second kappa shape index (κ2) is 5.78. The van der Waals surface area contributed by atoms with Crippen molar-refractivity contribution in [2.75, 3.05) is 0 Å². The minimum Gasteiger partial charge on any atom is -0.287 e. The Bertz CT molecular complexity index is 816. The molecule has 1 aliphatic rings. The lowest BCUT2D eigenvalue weighted by Crippen LogP contribution is -2.12. The quantitative estimate of drug-likeness (QED) is 0.622. The average molecular weight is 290 g/mol. The molecule has 0 N–H and O–H groups in total. The summed E-state index contributed by atoms with van der Waals surface area (Å²) < 4.78 is 4.30. The van der Waals surface area contributed by atoms with Crippen molar-refractivity contribution in [3.05, 3.63) is 71.3 Å². The van der Waals surface area contributed by atoms with E-state index in [0.717, 1.165) is 10.5 Å². The van der Waals surface area contributed by atoms with Gasteiger partial charge >= 0.3 is 0 Å². The van der Waals surface area contributed by atoms with Gasteiger partial charge in [0.2, 0.25) is 5.78 Å². The van der Waals surface area contributed by atoms with Gasteiger partial charge in [0, 0.05) is 22.4 Å². The van der Waals surface area contributed by atoms with Crippen LogP contribution in [0.4, 0.5) is 0 Å². The molecule has 0 saturated carbocycles. The van der Waals surface area contributed by atoms with E-state index in [2.05, 4.69) is 4.40 Å². The van der Waals surface area contributed by atoms with Crippen molar-refractivity contribution in [1.82, 2.24) is 0 Å². The molecule has 0 amide bonds. The van der Waals surface area contributed by atoms with Gasteiger partial charge in [0.15, 0.2) is 0 Å². The summed E-state index contributed by atoms with van der Waals surface area (Å²) in [4.78, 5) is 13.5. The van der Waals surface area contributed by atoms with Gasteiger partial charge < -0.3 is 0 Å². The number of hydrogen-bond acceptors (Lipinski definition) is 4. The minimum atomic E-state index is -0.233. The molecule has 0 aromatic heterocycles. The van der Waals surface area contributed by atoms with Crippen LogP contribution in [-0.4, -0.2) is 11.5 Å². The fourth-order valence-corrected chi connectivity index (χ4v) is 2.75. The standard InChI is InChI=1S/C17H10N2OS/c18-11-13-6-1-3-7-14(13)17(20)15-10-9-12-5-2-4-8-16(12)21-19-15/h1-10H. The maximum absolute atomic E-state index is 12.5. The summed E-state index contributed by atoms with van der Waals surface area (Å²) in [5.41, 5.74) is 2.13. The Labute approximate surface area is 126 Å². The lowest BCUT2D eigenvalue weighted by molar-refractivity contribution is 0.106. The van der Waals surface area contributed by atoms with Crippen molar-refractivity contribution >= 4 is 29.5 Å². The van der Waals surface area contributed by atoms with E-state index in [1.165, 1.54) is 11.9 Å². The highest BCUT2D eigenvalue weighted by molar-refractivity contribution is 7.98. The Hall–Kier alpha value is -2.64. The summed E-state index contributed by atoms with van der Waals surface area (Å²) >= 11 is 1.28. The number of Topliss-reactive ketones (excluding diaryl/α,β-unsaturated/α-hetero) is 1. The fraction of sp³-hybridized carbons (Fsp3) is 0. The van der Waals surface area contributed by atoms with Crippen LogP contribution in [0.25, 0.3) is 6.08 Å². The molecule has 0 radical (unpaired) electrons. The van der Waals surface area contributed by atoms with E-state index in [1.54, 1.807) is 30.3 Å². The molecule has 4 heteroatoms. The molecule has 1 heterocycles. The van der Waals surface area contributed by atoms with E-state index in [9.17, 15) is 4.79 Å². The zero-order valence-electron chi connectivity index (χ0n) is 11.0. The van der Waals surface area contributed by atoms with E-state index in [-0.39, 0.29) is 5.78 Å². The van der Waals surface area contributed by atoms with E-state index < -0.39 is 0 Å². The van der Waals surface area contributed by atoms with Crippen LogP contribution in [0.5, 0.6) is 0 Å². The third-order valence-corrected chi connectivity index (χ3v) is 3.96. The summed E-state index contributed by atoms with van der Waals surface area (Å²) in [5.74, 6) is -0.233. The van der Waals surface area contributed by atoms with Crippen LogP contribution in [0.2, 0.25) is 0 Å². The van der Waals surface area contributed by atoms with E-state index >= 15 is 0 Å². The number of allylic oxidation sites excluding steroid dienone is 1. The number of carbonyl (C=O) groups is 1. The molecule has 3 rings (SSSR count). The number of nitrogens with zero attached hydrogens (tertiary/aromatic N) is 2. The van der Waals surface area contributed by atoms with E-state index in [4.69, 9.17) is 5.26 Å². The van der Waals surface area contributed by atoms with Crippen LogP contribution in [0.1, 0.15) is 21.5 Å². The first-order valence-electron chi connectivity index (χ1n) is 6.35. The summed E-state index contributed by atoms with van der Waals surface area (Å²) in [6.07, 6.45) is 3.58. The molecule has 0 aliphatic carbocycles. The number of benzene rings is 2. The highest BCUT2D eigenvalue weighted by atomic mass is 32.2.